The Labute approximate surface area is 109 Å². The van der Waals surface area contributed by atoms with Gasteiger partial charge < -0.3 is 9.80 Å². The Morgan fingerprint density at radius 3 is 2.33 bits per heavy atom. The molecule has 0 radical (unpaired) electrons. The summed E-state index contributed by atoms with van der Waals surface area (Å²) in [5.41, 5.74) is 0.382. The summed E-state index contributed by atoms with van der Waals surface area (Å²) < 4.78 is 0. The van der Waals surface area contributed by atoms with Crippen LogP contribution in [0.4, 0.5) is 0 Å². The molecule has 4 nitrogen and oxygen atoms in total. The van der Waals surface area contributed by atoms with Crippen molar-refractivity contribution in [1.29, 1.82) is 0 Å². The van der Waals surface area contributed by atoms with Crippen molar-refractivity contribution in [2.75, 3.05) is 33.2 Å². The summed E-state index contributed by atoms with van der Waals surface area (Å²) in [5.74, 6) is 0.219. The molecule has 0 aromatic carbocycles. The van der Waals surface area contributed by atoms with Crippen LogP contribution in [-0.4, -0.2) is 55.7 Å². The van der Waals surface area contributed by atoms with E-state index in [1.54, 1.807) is 6.08 Å². The molecule has 2 rings (SSSR count). The van der Waals surface area contributed by atoms with Gasteiger partial charge in [0, 0.05) is 26.2 Å². The molecular formula is C14H21N3O. The average Bonchev–Trinajstić information content (AvgIpc) is 3.17. The van der Waals surface area contributed by atoms with Gasteiger partial charge in [-0.3, -0.25) is 9.79 Å². The lowest BCUT2D eigenvalue weighted by atomic mass is 9.99. The molecule has 18 heavy (non-hydrogen) atoms. The van der Waals surface area contributed by atoms with E-state index in [0.717, 1.165) is 44.7 Å². The molecule has 1 saturated heterocycles. The van der Waals surface area contributed by atoms with Crippen molar-refractivity contribution in [3.63, 3.8) is 0 Å². The normalized spacial score (nSPS) is 23.6. The molecule has 0 bridgehead atoms. The van der Waals surface area contributed by atoms with Gasteiger partial charge in [-0.2, -0.15) is 0 Å². The molecule has 1 aliphatic heterocycles. The minimum Gasteiger partial charge on any atom is -0.339 e. The van der Waals surface area contributed by atoms with Crippen molar-refractivity contribution < 1.29 is 4.79 Å². The SMILES string of the molecule is C=C/C=C(\N=C)C1(C(=O)N2CCN(C)CC2)CC1. The van der Waals surface area contributed by atoms with Crippen LogP contribution in [0.5, 0.6) is 0 Å². The Morgan fingerprint density at radius 2 is 1.89 bits per heavy atom. The van der Waals surface area contributed by atoms with Gasteiger partial charge in [0.25, 0.3) is 0 Å². The largest absolute Gasteiger partial charge is 0.339 e. The van der Waals surface area contributed by atoms with Crippen molar-refractivity contribution in [3.05, 3.63) is 24.4 Å². The van der Waals surface area contributed by atoms with Crippen LogP contribution >= 0.6 is 0 Å². The lowest BCUT2D eigenvalue weighted by Gasteiger charge is -2.34. The van der Waals surface area contributed by atoms with Crippen molar-refractivity contribution >= 4 is 12.6 Å². The first kappa shape index (κ1) is 13.0. The molecule has 0 aromatic rings. The lowest BCUT2D eigenvalue weighted by Crippen LogP contribution is -2.49. The van der Waals surface area contributed by atoms with Gasteiger partial charge in [-0.1, -0.05) is 12.7 Å². The summed E-state index contributed by atoms with van der Waals surface area (Å²) in [4.78, 5) is 20.8. The van der Waals surface area contributed by atoms with E-state index in [1.807, 2.05) is 11.0 Å². The van der Waals surface area contributed by atoms with Crippen LogP contribution in [0.2, 0.25) is 0 Å². The predicted octanol–water partition coefficient (Wildman–Crippen LogP) is 1.31. The topological polar surface area (TPSA) is 35.9 Å². The maximum atomic E-state index is 12.6. The fourth-order valence-corrected chi connectivity index (χ4v) is 2.49. The highest BCUT2D eigenvalue weighted by molar-refractivity contribution is 5.89. The molecule has 98 valence electrons. The van der Waals surface area contributed by atoms with Crippen LogP contribution in [0.25, 0.3) is 0 Å². The maximum absolute atomic E-state index is 12.6. The fraction of sp³-hybridized carbons (Fsp3) is 0.571. The molecule has 4 heteroatoms. The zero-order valence-electron chi connectivity index (χ0n) is 11.1. The number of hydrogen-bond acceptors (Lipinski definition) is 3. The molecule has 1 amide bonds. The molecule has 1 aliphatic carbocycles. The fourth-order valence-electron chi connectivity index (χ4n) is 2.49. The van der Waals surface area contributed by atoms with Crippen LogP contribution in [0.15, 0.2) is 29.4 Å². The number of rotatable bonds is 4. The van der Waals surface area contributed by atoms with Gasteiger partial charge in [-0.05, 0) is 32.7 Å². The Balaban J connectivity index is 2.11. The van der Waals surface area contributed by atoms with Gasteiger partial charge in [-0.25, -0.2) is 0 Å². The second-order valence-corrected chi connectivity index (χ2v) is 5.12. The second-order valence-electron chi connectivity index (χ2n) is 5.12. The molecule has 2 fully saturated rings. The van der Waals surface area contributed by atoms with Crippen LogP contribution in [-0.2, 0) is 4.79 Å². The van der Waals surface area contributed by atoms with E-state index >= 15 is 0 Å². The van der Waals surface area contributed by atoms with Crippen molar-refractivity contribution in [2.24, 2.45) is 10.4 Å². The number of likely N-dealkylation sites (N-methyl/N-ethyl adjacent to an activating group) is 1. The number of allylic oxidation sites excluding steroid dienone is 2. The number of carbonyl (C=O) groups excluding carboxylic acids is 1. The Kier molecular flexibility index (Phi) is 3.66. The van der Waals surface area contributed by atoms with Crippen molar-refractivity contribution in [1.82, 2.24) is 9.80 Å². The molecule has 0 spiro atoms. The third kappa shape index (κ3) is 2.25. The average molecular weight is 247 g/mol. The molecule has 1 heterocycles. The van der Waals surface area contributed by atoms with Crippen LogP contribution in [0, 0.1) is 5.41 Å². The van der Waals surface area contributed by atoms with Gasteiger partial charge in [0.05, 0.1) is 11.1 Å². The Hall–Kier alpha value is -1.42. The van der Waals surface area contributed by atoms with E-state index in [9.17, 15) is 4.79 Å². The number of piperazine rings is 1. The number of hydrogen-bond donors (Lipinski definition) is 0. The maximum Gasteiger partial charge on any atom is 0.234 e. The summed E-state index contributed by atoms with van der Waals surface area (Å²) in [5, 5.41) is 0. The minimum absolute atomic E-state index is 0.219. The van der Waals surface area contributed by atoms with Gasteiger partial charge in [0.1, 0.15) is 0 Å². The number of aliphatic imine (C=N–C) groups is 1. The first-order valence-corrected chi connectivity index (χ1v) is 6.42. The Morgan fingerprint density at radius 1 is 1.28 bits per heavy atom. The number of carbonyl (C=O) groups is 1. The van der Waals surface area contributed by atoms with Gasteiger partial charge in [-0.15, -0.1) is 0 Å². The van der Waals surface area contributed by atoms with Crippen LogP contribution < -0.4 is 0 Å². The molecule has 0 atom stereocenters. The van der Waals surface area contributed by atoms with E-state index in [1.165, 1.54) is 0 Å². The quantitative estimate of drug-likeness (QED) is 0.555. The summed E-state index contributed by atoms with van der Waals surface area (Å²) in [6.07, 6.45) is 5.27. The minimum atomic E-state index is -0.397. The summed E-state index contributed by atoms with van der Waals surface area (Å²) in [7, 11) is 2.09. The molecule has 0 unspecified atom stereocenters. The van der Waals surface area contributed by atoms with E-state index in [0.29, 0.717) is 0 Å². The van der Waals surface area contributed by atoms with E-state index in [2.05, 4.69) is 30.2 Å². The predicted molar refractivity (Wildman–Crippen MR) is 73.6 cm³/mol. The zero-order valence-corrected chi connectivity index (χ0v) is 11.1. The molecular weight excluding hydrogens is 226 g/mol. The number of nitrogens with zero attached hydrogens (tertiary/aromatic N) is 3. The van der Waals surface area contributed by atoms with E-state index < -0.39 is 5.41 Å². The first-order chi connectivity index (χ1) is 8.64. The van der Waals surface area contributed by atoms with Gasteiger partial charge >= 0.3 is 0 Å². The van der Waals surface area contributed by atoms with Gasteiger partial charge in [0.2, 0.25) is 5.91 Å². The van der Waals surface area contributed by atoms with E-state index in [-0.39, 0.29) is 5.91 Å². The summed E-state index contributed by atoms with van der Waals surface area (Å²) in [6, 6.07) is 0. The third-order valence-electron chi connectivity index (χ3n) is 3.89. The highest BCUT2D eigenvalue weighted by atomic mass is 16.2. The smallest absolute Gasteiger partial charge is 0.234 e. The monoisotopic (exact) mass is 247 g/mol. The lowest BCUT2D eigenvalue weighted by molar-refractivity contribution is -0.137. The molecule has 2 aliphatic rings. The Bertz CT molecular complexity index is 388. The molecule has 0 aromatic heterocycles. The second kappa shape index (κ2) is 5.06. The van der Waals surface area contributed by atoms with Crippen molar-refractivity contribution in [2.45, 2.75) is 12.8 Å². The van der Waals surface area contributed by atoms with E-state index in [4.69, 9.17) is 0 Å². The standard InChI is InChI=1S/C14H21N3O/c1-4-5-12(15-2)14(6-7-14)13(18)17-10-8-16(3)9-11-17/h4-5H,1-2,6-11H2,3H3/b12-5-. The number of amides is 1. The highest BCUT2D eigenvalue weighted by Crippen LogP contribution is 2.53. The van der Waals surface area contributed by atoms with Crippen molar-refractivity contribution in [3.8, 4) is 0 Å². The summed E-state index contributed by atoms with van der Waals surface area (Å²) >= 11 is 0. The van der Waals surface area contributed by atoms with Gasteiger partial charge in [0.15, 0.2) is 0 Å². The van der Waals surface area contributed by atoms with Crippen LogP contribution in [0.3, 0.4) is 0 Å². The van der Waals surface area contributed by atoms with Crippen LogP contribution in [0.1, 0.15) is 12.8 Å². The molecule has 0 N–H and O–H groups in total. The molecule has 1 saturated carbocycles. The first-order valence-electron chi connectivity index (χ1n) is 6.42. The zero-order chi connectivity index (χ0) is 13.2. The third-order valence-corrected chi connectivity index (χ3v) is 3.89. The summed E-state index contributed by atoms with van der Waals surface area (Å²) in [6.45, 7) is 10.8. The highest BCUT2D eigenvalue weighted by Gasteiger charge is 2.54.